The number of benzene rings is 2. The Morgan fingerprint density at radius 3 is 2.63 bits per heavy atom. The summed E-state index contributed by atoms with van der Waals surface area (Å²) in [6, 6.07) is 10.9. The molecule has 0 amide bonds. The van der Waals surface area contributed by atoms with Gasteiger partial charge >= 0.3 is 5.97 Å². The van der Waals surface area contributed by atoms with Crippen LogP contribution in [0, 0.1) is 0 Å². The summed E-state index contributed by atoms with van der Waals surface area (Å²) in [7, 11) is 1.14. The topological polar surface area (TPSA) is 118 Å². The minimum absolute atomic E-state index is 0.0483. The van der Waals surface area contributed by atoms with E-state index in [9.17, 15) is 15.0 Å². The van der Waals surface area contributed by atoms with E-state index in [1.54, 1.807) is 24.3 Å². The molecule has 9 heteroatoms. The highest BCUT2D eigenvalue weighted by molar-refractivity contribution is 6.30. The van der Waals surface area contributed by atoms with E-state index in [1.165, 1.54) is 24.5 Å². The van der Waals surface area contributed by atoms with Crippen molar-refractivity contribution in [2.75, 3.05) is 7.11 Å². The standard InChI is InChI=1S/C18H16ClN3O5/c1-26-17(24)18(25,9-15-20-10-21-22-15)13-3-2-4-14(16(13)23)27-12-7-5-11(19)6-8-12/h2-8,10,23,25H,9H2,1H3,(H,20,21,22). The number of hydrogen-bond donors (Lipinski definition) is 3. The molecule has 1 heterocycles. The van der Waals surface area contributed by atoms with E-state index in [0.717, 1.165) is 7.11 Å². The molecule has 8 nitrogen and oxygen atoms in total. The summed E-state index contributed by atoms with van der Waals surface area (Å²) in [5, 5.41) is 28.6. The molecular formula is C18H16ClN3O5. The fourth-order valence-corrected chi connectivity index (χ4v) is 2.69. The van der Waals surface area contributed by atoms with Crippen molar-refractivity contribution in [3.63, 3.8) is 0 Å². The Balaban J connectivity index is 2.00. The number of phenols is 1. The second-order valence-corrected chi connectivity index (χ2v) is 6.09. The van der Waals surface area contributed by atoms with Crippen LogP contribution in [0.1, 0.15) is 11.4 Å². The quantitative estimate of drug-likeness (QED) is 0.554. The predicted octanol–water partition coefficient (Wildman–Crippen LogP) is 2.56. The summed E-state index contributed by atoms with van der Waals surface area (Å²) in [6.07, 6.45) is 1.01. The Kier molecular flexibility index (Phi) is 5.29. The fraction of sp³-hybridized carbons (Fsp3) is 0.167. The number of aromatic amines is 1. The predicted molar refractivity (Wildman–Crippen MR) is 95.6 cm³/mol. The SMILES string of the molecule is COC(=O)C(O)(Cc1nc[nH]n1)c1cccc(Oc2ccc(Cl)cc2)c1O. The van der Waals surface area contributed by atoms with Crippen LogP contribution in [0.15, 0.2) is 48.8 Å². The highest BCUT2D eigenvalue weighted by Crippen LogP contribution is 2.40. The number of hydrogen-bond acceptors (Lipinski definition) is 7. The molecule has 0 saturated carbocycles. The maximum absolute atomic E-state index is 12.3. The minimum atomic E-state index is -2.21. The van der Waals surface area contributed by atoms with Crippen LogP contribution in [0.4, 0.5) is 0 Å². The van der Waals surface area contributed by atoms with Crippen LogP contribution in [-0.4, -0.2) is 38.5 Å². The number of ether oxygens (including phenoxy) is 2. The number of esters is 1. The molecule has 0 spiro atoms. The van der Waals surface area contributed by atoms with E-state index in [4.69, 9.17) is 21.1 Å². The maximum Gasteiger partial charge on any atom is 0.343 e. The summed E-state index contributed by atoms with van der Waals surface area (Å²) in [6.45, 7) is 0. The smallest absolute Gasteiger partial charge is 0.343 e. The zero-order valence-corrected chi connectivity index (χ0v) is 15.0. The first-order valence-corrected chi connectivity index (χ1v) is 8.23. The highest BCUT2D eigenvalue weighted by Gasteiger charge is 2.43. The second-order valence-electron chi connectivity index (χ2n) is 5.65. The number of carbonyl (C=O) groups is 1. The largest absolute Gasteiger partial charge is 0.504 e. The van der Waals surface area contributed by atoms with Crippen molar-refractivity contribution in [3.8, 4) is 17.2 Å². The van der Waals surface area contributed by atoms with Gasteiger partial charge in [-0.2, -0.15) is 5.10 Å². The van der Waals surface area contributed by atoms with E-state index < -0.39 is 17.3 Å². The third kappa shape index (κ3) is 3.86. The van der Waals surface area contributed by atoms with Gasteiger partial charge in [-0.05, 0) is 30.3 Å². The molecule has 0 fully saturated rings. The van der Waals surface area contributed by atoms with Crippen LogP contribution in [0.5, 0.6) is 17.2 Å². The van der Waals surface area contributed by atoms with Crippen LogP contribution in [-0.2, 0) is 21.6 Å². The Labute approximate surface area is 159 Å². The number of methoxy groups -OCH3 is 1. The lowest BCUT2D eigenvalue weighted by Gasteiger charge is -2.26. The van der Waals surface area contributed by atoms with Crippen LogP contribution in [0.2, 0.25) is 5.02 Å². The normalized spacial score (nSPS) is 13.0. The second kappa shape index (κ2) is 7.65. The lowest BCUT2D eigenvalue weighted by Crippen LogP contribution is -2.39. The molecule has 0 bridgehead atoms. The number of carbonyl (C=O) groups excluding carboxylic acids is 1. The van der Waals surface area contributed by atoms with E-state index in [1.807, 2.05) is 0 Å². The molecule has 2 aromatic carbocycles. The first kappa shape index (κ1) is 18.7. The number of aromatic hydroxyl groups is 1. The van der Waals surface area contributed by atoms with Gasteiger partial charge in [0.2, 0.25) is 0 Å². The van der Waals surface area contributed by atoms with Crippen molar-refractivity contribution in [1.82, 2.24) is 15.2 Å². The molecular weight excluding hydrogens is 374 g/mol. The first-order chi connectivity index (χ1) is 12.9. The van der Waals surface area contributed by atoms with Crippen LogP contribution in [0.25, 0.3) is 0 Å². The summed E-state index contributed by atoms with van der Waals surface area (Å²) in [4.78, 5) is 16.2. The third-order valence-electron chi connectivity index (χ3n) is 3.89. The number of rotatable bonds is 6. The van der Waals surface area contributed by atoms with Crippen LogP contribution >= 0.6 is 11.6 Å². The lowest BCUT2D eigenvalue weighted by molar-refractivity contribution is -0.163. The molecule has 140 valence electrons. The average molecular weight is 390 g/mol. The summed E-state index contributed by atoms with van der Waals surface area (Å²) in [5.74, 6) is -0.733. The van der Waals surface area contributed by atoms with Gasteiger partial charge in [0.15, 0.2) is 22.9 Å². The molecule has 0 aliphatic heterocycles. The Morgan fingerprint density at radius 1 is 1.26 bits per heavy atom. The summed E-state index contributed by atoms with van der Waals surface area (Å²) < 4.78 is 10.4. The molecule has 3 aromatic rings. The molecule has 0 radical (unpaired) electrons. The number of H-pyrrole nitrogens is 1. The van der Waals surface area contributed by atoms with Crippen molar-refractivity contribution >= 4 is 17.6 Å². The van der Waals surface area contributed by atoms with Crippen LogP contribution < -0.4 is 4.74 Å². The molecule has 0 aliphatic rings. The van der Waals surface area contributed by atoms with Gasteiger partial charge < -0.3 is 19.7 Å². The van der Waals surface area contributed by atoms with Crippen molar-refractivity contribution in [2.24, 2.45) is 0 Å². The Morgan fingerprint density at radius 2 is 2.00 bits per heavy atom. The molecule has 27 heavy (non-hydrogen) atoms. The van der Waals surface area contributed by atoms with Gasteiger partial charge in [-0.1, -0.05) is 23.7 Å². The summed E-state index contributed by atoms with van der Waals surface area (Å²) >= 11 is 5.85. The number of phenolic OH excluding ortho intramolecular Hbond substituents is 1. The first-order valence-electron chi connectivity index (χ1n) is 7.85. The van der Waals surface area contributed by atoms with Gasteiger partial charge in [0.1, 0.15) is 12.1 Å². The van der Waals surface area contributed by atoms with Crippen molar-refractivity contribution in [3.05, 3.63) is 65.2 Å². The van der Waals surface area contributed by atoms with Gasteiger partial charge in [0.25, 0.3) is 0 Å². The van der Waals surface area contributed by atoms with Crippen molar-refractivity contribution < 1.29 is 24.5 Å². The van der Waals surface area contributed by atoms with Crippen LogP contribution in [0.3, 0.4) is 0 Å². The number of para-hydroxylation sites is 1. The lowest BCUT2D eigenvalue weighted by atomic mass is 9.89. The molecule has 1 aromatic heterocycles. The van der Waals surface area contributed by atoms with Gasteiger partial charge in [-0.3, -0.25) is 5.10 Å². The molecule has 3 N–H and O–H groups in total. The van der Waals surface area contributed by atoms with Gasteiger partial charge in [0, 0.05) is 10.6 Å². The average Bonchev–Trinajstić information content (AvgIpc) is 3.17. The zero-order valence-electron chi connectivity index (χ0n) is 14.2. The van der Waals surface area contributed by atoms with E-state index in [0.29, 0.717) is 10.8 Å². The zero-order chi connectivity index (χ0) is 19.4. The molecule has 1 unspecified atom stereocenters. The third-order valence-corrected chi connectivity index (χ3v) is 4.14. The van der Waals surface area contributed by atoms with E-state index in [-0.39, 0.29) is 23.6 Å². The molecule has 3 rings (SSSR count). The molecule has 1 atom stereocenters. The fourth-order valence-electron chi connectivity index (χ4n) is 2.56. The van der Waals surface area contributed by atoms with Gasteiger partial charge in [0.05, 0.1) is 13.5 Å². The maximum atomic E-state index is 12.3. The Bertz CT molecular complexity index is 931. The van der Waals surface area contributed by atoms with Gasteiger partial charge in [-0.25, -0.2) is 9.78 Å². The van der Waals surface area contributed by atoms with E-state index in [2.05, 4.69) is 15.2 Å². The number of aromatic nitrogens is 3. The highest BCUT2D eigenvalue weighted by atomic mass is 35.5. The van der Waals surface area contributed by atoms with Gasteiger partial charge in [-0.15, -0.1) is 0 Å². The number of halogens is 1. The monoisotopic (exact) mass is 389 g/mol. The number of aliphatic hydroxyl groups is 1. The minimum Gasteiger partial charge on any atom is -0.504 e. The molecule has 0 saturated heterocycles. The summed E-state index contributed by atoms with van der Waals surface area (Å²) in [5.41, 5.74) is -2.30. The number of nitrogens with one attached hydrogen (secondary N) is 1. The van der Waals surface area contributed by atoms with Crippen molar-refractivity contribution in [1.29, 1.82) is 0 Å². The number of nitrogens with zero attached hydrogens (tertiary/aromatic N) is 2. The molecule has 0 aliphatic carbocycles. The van der Waals surface area contributed by atoms with E-state index >= 15 is 0 Å². The van der Waals surface area contributed by atoms with Crippen molar-refractivity contribution in [2.45, 2.75) is 12.0 Å². The Hall–Kier alpha value is -3.10.